The molecular weight excluding hydrogens is 228 g/mol. The molecule has 0 aromatic carbocycles. The van der Waals surface area contributed by atoms with Crippen molar-refractivity contribution in [3.8, 4) is 0 Å². The average Bonchev–Trinajstić information content (AvgIpc) is 2.57. The van der Waals surface area contributed by atoms with Gasteiger partial charge in [0.05, 0.1) is 6.04 Å². The van der Waals surface area contributed by atoms with Crippen LogP contribution in [-0.2, 0) is 0 Å². The maximum absolute atomic E-state index is 12.0. The van der Waals surface area contributed by atoms with Crippen molar-refractivity contribution in [2.24, 2.45) is 5.92 Å². The second-order valence-electron chi connectivity index (χ2n) is 6.07. The van der Waals surface area contributed by atoms with Crippen LogP contribution in [0.2, 0.25) is 0 Å². The fraction of sp³-hybridized carbons (Fsp3) is 0.923. The lowest BCUT2D eigenvalue weighted by Gasteiger charge is -2.33. The number of hydrogen-bond acceptors (Lipinski definition) is 3. The number of amides is 2. The largest absolute Gasteiger partial charge is 0.333 e. The van der Waals surface area contributed by atoms with Gasteiger partial charge in [0, 0.05) is 38.8 Å². The third-order valence-electron chi connectivity index (χ3n) is 4.63. The summed E-state index contributed by atoms with van der Waals surface area (Å²) in [5.74, 6) is 0.737. The normalized spacial score (nSPS) is 34.5. The van der Waals surface area contributed by atoms with E-state index in [0.29, 0.717) is 12.1 Å². The second-order valence-corrected chi connectivity index (χ2v) is 6.07. The minimum Gasteiger partial charge on any atom is -0.333 e. The van der Waals surface area contributed by atoms with Crippen LogP contribution in [0.5, 0.6) is 0 Å². The molecule has 18 heavy (non-hydrogen) atoms. The summed E-state index contributed by atoms with van der Waals surface area (Å²) in [6.45, 7) is 4.93. The zero-order valence-electron chi connectivity index (χ0n) is 11.2. The van der Waals surface area contributed by atoms with Crippen LogP contribution in [-0.4, -0.2) is 67.7 Å². The molecule has 3 fully saturated rings. The number of piperazine rings is 1. The van der Waals surface area contributed by atoms with Crippen LogP contribution >= 0.6 is 0 Å². The highest BCUT2D eigenvalue weighted by Crippen LogP contribution is 2.31. The van der Waals surface area contributed by atoms with Crippen LogP contribution in [0.3, 0.4) is 0 Å². The van der Waals surface area contributed by atoms with Gasteiger partial charge in [-0.05, 0) is 25.8 Å². The van der Waals surface area contributed by atoms with E-state index in [2.05, 4.69) is 22.6 Å². The fourth-order valence-electron chi connectivity index (χ4n) is 3.26. The van der Waals surface area contributed by atoms with Gasteiger partial charge in [-0.3, -0.25) is 0 Å². The number of nitrogens with one attached hydrogen (secondary N) is 2. The van der Waals surface area contributed by atoms with Gasteiger partial charge in [0.2, 0.25) is 0 Å². The quantitative estimate of drug-likeness (QED) is 0.748. The van der Waals surface area contributed by atoms with Crippen molar-refractivity contribution in [2.45, 2.75) is 31.3 Å². The Bertz CT molecular complexity index is 318. The van der Waals surface area contributed by atoms with Crippen LogP contribution in [0.15, 0.2) is 0 Å². The smallest absolute Gasteiger partial charge is 0.317 e. The average molecular weight is 252 g/mol. The Balaban J connectivity index is 1.51. The highest BCUT2D eigenvalue weighted by molar-refractivity contribution is 5.77. The number of rotatable bonds is 3. The van der Waals surface area contributed by atoms with Gasteiger partial charge in [-0.1, -0.05) is 6.42 Å². The Kier molecular flexibility index (Phi) is 3.43. The molecule has 0 aromatic rings. The van der Waals surface area contributed by atoms with Crippen molar-refractivity contribution >= 4 is 6.03 Å². The molecule has 3 aliphatic rings. The van der Waals surface area contributed by atoms with Gasteiger partial charge < -0.3 is 20.4 Å². The van der Waals surface area contributed by atoms with Gasteiger partial charge in [-0.15, -0.1) is 0 Å². The van der Waals surface area contributed by atoms with Gasteiger partial charge in [-0.25, -0.2) is 4.79 Å². The zero-order valence-corrected chi connectivity index (χ0v) is 11.2. The van der Waals surface area contributed by atoms with Crippen molar-refractivity contribution in [2.75, 3.05) is 39.8 Å². The van der Waals surface area contributed by atoms with Gasteiger partial charge in [0.25, 0.3) is 0 Å². The number of carbonyl (C=O) groups excluding carboxylic acids is 1. The summed E-state index contributed by atoms with van der Waals surface area (Å²) in [7, 11) is 2.15. The van der Waals surface area contributed by atoms with Gasteiger partial charge in [-0.2, -0.15) is 0 Å². The lowest BCUT2D eigenvalue weighted by atomic mass is 9.80. The maximum atomic E-state index is 12.0. The zero-order chi connectivity index (χ0) is 12.5. The molecule has 5 heteroatoms. The van der Waals surface area contributed by atoms with E-state index in [4.69, 9.17) is 0 Å². The van der Waals surface area contributed by atoms with E-state index >= 15 is 0 Å². The van der Waals surface area contributed by atoms with Crippen molar-refractivity contribution in [3.63, 3.8) is 0 Å². The Labute approximate surface area is 109 Å². The molecule has 2 aliphatic heterocycles. The van der Waals surface area contributed by atoms with E-state index in [0.717, 1.165) is 38.6 Å². The van der Waals surface area contributed by atoms with Crippen LogP contribution < -0.4 is 10.6 Å². The molecule has 2 unspecified atom stereocenters. The summed E-state index contributed by atoms with van der Waals surface area (Å²) in [6, 6.07) is 0.976. The van der Waals surface area contributed by atoms with E-state index in [1.165, 1.54) is 19.3 Å². The molecule has 102 valence electrons. The topological polar surface area (TPSA) is 47.6 Å². The molecule has 2 atom stereocenters. The Morgan fingerprint density at radius 2 is 2.17 bits per heavy atom. The van der Waals surface area contributed by atoms with Crippen molar-refractivity contribution in [1.82, 2.24) is 20.4 Å². The van der Waals surface area contributed by atoms with Crippen LogP contribution in [0.25, 0.3) is 0 Å². The van der Waals surface area contributed by atoms with E-state index in [9.17, 15) is 4.79 Å². The summed E-state index contributed by atoms with van der Waals surface area (Å²) < 4.78 is 0. The minimum absolute atomic E-state index is 0.141. The summed E-state index contributed by atoms with van der Waals surface area (Å²) in [4.78, 5) is 16.3. The molecule has 0 radical (unpaired) electrons. The first-order valence-electron chi connectivity index (χ1n) is 7.20. The Morgan fingerprint density at radius 3 is 2.83 bits per heavy atom. The van der Waals surface area contributed by atoms with E-state index < -0.39 is 0 Å². The summed E-state index contributed by atoms with van der Waals surface area (Å²) in [5.41, 5.74) is 0. The predicted molar refractivity (Wildman–Crippen MR) is 70.5 cm³/mol. The lowest BCUT2D eigenvalue weighted by molar-refractivity contribution is 0.183. The number of urea groups is 1. The highest BCUT2D eigenvalue weighted by Gasteiger charge is 2.37. The molecule has 1 saturated carbocycles. The first kappa shape index (κ1) is 12.2. The third-order valence-corrected chi connectivity index (χ3v) is 4.63. The minimum atomic E-state index is 0.141. The van der Waals surface area contributed by atoms with E-state index in [-0.39, 0.29) is 6.03 Å². The SMILES string of the molecule is CN1CCNC(CN2CC(C3CCC3)NC2=O)C1. The van der Waals surface area contributed by atoms with Crippen molar-refractivity contribution in [3.05, 3.63) is 0 Å². The monoisotopic (exact) mass is 252 g/mol. The molecule has 5 nitrogen and oxygen atoms in total. The molecule has 3 rings (SSSR count). The fourth-order valence-corrected chi connectivity index (χ4v) is 3.26. The number of hydrogen-bond donors (Lipinski definition) is 2. The van der Waals surface area contributed by atoms with Gasteiger partial charge in [0.15, 0.2) is 0 Å². The van der Waals surface area contributed by atoms with E-state index in [1.54, 1.807) is 0 Å². The van der Waals surface area contributed by atoms with Gasteiger partial charge in [0.1, 0.15) is 0 Å². The maximum Gasteiger partial charge on any atom is 0.317 e. The molecule has 2 heterocycles. The summed E-state index contributed by atoms with van der Waals surface area (Å²) in [6.07, 6.45) is 3.93. The molecule has 2 saturated heterocycles. The van der Waals surface area contributed by atoms with Gasteiger partial charge >= 0.3 is 6.03 Å². The second kappa shape index (κ2) is 5.05. The highest BCUT2D eigenvalue weighted by atomic mass is 16.2. The van der Waals surface area contributed by atoms with Crippen LogP contribution in [0.4, 0.5) is 4.79 Å². The van der Waals surface area contributed by atoms with Crippen LogP contribution in [0, 0.1) is 5.92 Å². The first-order valence-corrected chi connectivity index (χ1v) is 7.20. The number of carbonyl (C=O) groups is 1. The molecule has 2 N–H and O–H groups in total. The molecule has 1 aliphatic carbocycles. The number of likely N-dealkylation sites (N-methyl/N-ethyl adjacent to an activating group) is 1. The van der Waals surface area contributed by atoms with Crippen molar-refractivity contribution in [1.29, 1.82) is 0 Å². The lowest BCUT2D eigenvalue weighted by Crippen LogP contribution is -2.54. The Morgan fingerprint density at radius 1 is 1.33 bits per heavy atom. The first-order chi connectivity index (χ1) is 8.72. The molecule has 0 bridgehead atoms. The third kappa shape index (κ3) is 2.47. The molecule has 0 aromatic heterocycles. The molecule has 0 spiro atoms. The molecular formula is C13H24N4O. The van der Waals surface area contributed by atoms with Crippen LogP contribution in [0.1, 0.15) is 19.3 Å². The predicted octanol–water partition coefficient (Wildman–Crippen LogP) is 0.0839. The summed E-state index contributed by atoms with van der Waals surface area (Å²) >= 11 is 0. The standard InChI is InChI=1S/C13H24N4O/c1-16-6-5-14-11(7-16)8-17-9-12(15-13(17)18)10-3-2-4-10/h10-12,14H,2-9H2,1H3,(H,15,18). The van der Waals surface area contributed by atoms with Crippen molar-refractivity contribution < 1.29 is 4.79 Å². The molecule has 2 amide bonds. The summed E-state index contributed by atoms with van der Waals surface area (Å²) in [5, 5.41) is 6.66. The number of nitrogens with zero attached hydrogens (tertiary/aromatic N) is 2. The Hall–Kier alpha value is -0.810. The van der Waals surface area contributed by atoms with E-state index in [1.807, 2.05) is 4.90 Å².